The summed E-state index contributed by atoms with van der Waals surface area (Å²) in [5.74, 6) is -1.54. The summed E-state index contributed by atoms with van der Waals surface area (Å²) in [4.78, 5) is 25.9. The molecule has 4 saturated heterocycles. The quantitative estimate of drug-likeness (QED) is 0.0743. The van der Waals surface area contributed by atoms with E-state index >= 15 is 0 Å². The van der Waals surface area contributed by atoms with Crippen molar-refractivity contribution in [1.29, 1.82) is 0 Å². The van der Waals surface area contributed by atoms with E-state index in [-0.39, 0.29) is 67.5 Å². The zero-order chi connectivity index (χ0) is 55.4. The largest absolute Gasteiger partial charge is 0.508 e. The second-order valence-electron chi connectivity index (χ2n) is 21.0. The fourth-order valence-electron chi connectivity index (χ4n) is 10.7. The van der Waals surface area contributed by atoms with E-state index in [1.165, 1.54) is 6.92 Å². The predicted molar refractivity (Wildman–Crippen MR) is 286 cm³/mol. The molecule has 0 aliphatic carbocycles. The van der Waals surface area contributed by atoms with Gasteiger partial charge in [-0.05, 0) is 47.3 Å². The lowest BCUT2D eigenvalue weighted by molar-refractivity contribution is -0.381. The fraction of sp³-hybridized carbons (Fsp3) is 0.655. The van der Waals surface area contributed by atoms with Crippen molar-refractivity contribution in [3.05, 3.63) is 108 Å². The van der Waals surface area contributed by atoms with Gasteiger partial charge in [0.1, 0.15) is 37.1 Å². The van der Waals surface area contributed by atoms with Gasteiger partial charge in [0, 0.05) is 24.7 Å². The van der Waals surface area contributed by atoms with Gasteiger partial charge in [-0.15, -0.1) is 0 Å². The molecule has 20 atom stereocenters. The minimum absolute atomic E-state index is 0.00941. The van der Waals surface area contributed by atoms with Gasteiger partial charge in [0.2, 0.25) is 3.79 Å². The maximum atomic E-state index is 13.1. The first-order valence-electron chi connectivity index (χ1n) is 27.1. The molecule has 3 aromatic carbocycles. The number of esters is 1. The monoisotopic (exact) mass is 1140 g/mol. The zero-order valence-corrected chi connectivity index (χ0v) is 47.8. The van der Waals surface area contributed by atoms with Crippen LogP contribution in [0.3, 0.4) is 0 Å². The van der Waals surface area contributed by atoms with Crippen LogP contribution < -0.4 is 0 Å². The minimum atomic E-state index is -1.88. The molecule has 0 amide bonds. The normalized spacial score (nSPS) is 35.7. The molecule has 4 heterocycles. The highest BCUT2D eigenvalue weighted by molar-refractivity contribution is 6.67. The van der Waals surface area contributed by atoms with Gasteiger partial charge in [-0.3, -0.25) is 4.79 Å². The van der Waals surface area contributed by atoms with Crippen molar-refractivity contribution in [3.63, 3.8) is 0 Å². The van der Waals surface area contributed by atoms with Gasteiger partial charge in [-0.2, -0.15) is 0 Å². The van der Waals surface area contributed by atoms with Crippen molar-refractivity contribution in [2.24, 2.45) is 35.5 Å². The van der Waals surface area contributed by atoms with Gasteiger partial charge in [0.05, 0.1) is 51.3 Å². The van der Waals surface area contributed by atoms with Crippen LogP contribution >= 0.6 is 34.8 Å². The number of carbonyl (C=O) groups excluding carboxylic acids is 2. The second kappa shape index (κ2) is 29.0. The summed E-state index contributed by atoms with van der Waals surface area (Å²) in [6.45, 7) is 17.4. The number of aliphatic hydroxyl groups is 1. The average molecular weight is 1140 g/mol. The van der Waals surface area contributed by atoms with Gasteiger partial charge in [0.25, 0.3) is 0 Å². The Morgan fingerprint density at radius 2 is 0.974 bits per heavy atom. The van der Waals surface area contributed by atoms with E-state index in [1.54, 1.807) is 0 Å². The summed E-state index contributed by atoms with van der Waals surface area (Å²) >= 11 is 17.7. The summed E-state index contributed by atoms with van der Waals surface area (Å²) in [6, 6.07) is 29.3. The summed E-state index contributed by atoms with van der Waals surface area (Å²) in [5, 5.41) is 12.8. The number of halogens is 3. The maximum absolute atomic E-state index is 13.1. The third kappa shape index (κ3) is 16.7. The SMILES string of the molecule is CCC1O[C@@H](O[C@@H]2C(OCc3ccccc3)[C@H](O[C@@H]3C(COCc4ccccc4)O[C@@H](OCc4ccccc4)C(C)[C@H]3C)OC(CO[C@H]3OC(CC)[C@@H](C)[C@H](C)C3OC(=O)OCC(Cl)(Cl)Cl)[C@H]2O)[C@@H](OC(C)=O)C(C)[C@H]1C. The first-order chi connectivity index (χ1) is 36.8. The van der Waals surface area contributed by atoms with Crippen LogP contribution in [0, 0.1) is 35.5 Å². The van der Waals surface area contributed by atoms with E-state index in [9.17, 15) is 14.7 Å². The molecule has 8 unspecified atom stereocenters. The molecule has 4 aliphatic rings. The number of benzene rings is 3. The molecule has 77 heavy (non-hydrogen) atoms. The van der Waals surface area contributed by atoms with Crippen molar-refractivity contribution >= 4 is 46.9 Å². The number of carbonyl (C=O) groups is 2. The lowest BCUT2D eigenvalue weighted by atomic mass is 9.82. The molecule has 1 N–H and O–H groups in total. The van der Waals surface area contributed by atoms with Gasteiger partial charge < -0.3 is 66.7 Å². The summed E-state index contributed by atoms with van der Waals surface area (Å²) in [7, 11) is 0. The first-order valence-corrected chi connectivity index (χ1v) is 28.2. The smallest absolute Gasteiger partial charge is 0.457 e. The Kier molecular flexibility index (Phi) is 23.1. The van der Waals surface area contributed by atoms with E-state index in [0.717, 1.165) is 16.7 Å². The summed E-state index contributed by atoms with van der Waals surface area (Å²) in [5.41, 5.74) is 2.81. The molecule has 0 saturated carbocycles. The molecule has 0 radical (unpaired) electrons. The van der Waals surface area contributed by atoms with Crippen molar-refractivity contribution in [1.82, 2.24) is 0 Å². The van der Waals surface area contributed by atoms with Crippen LogP contribution in [-0.4, -0.2) is 127 Å². The lowest BCUT2D eigenvalue weighted by Gasteiger charge is -2.51. The number of aliphatic hydroxyl groups excluding tert-OH is 1. The first kappa shape index (κ1) is 61.4. The fourth-order valence-corrected chi connectivity index (χ4v) is 10.8. The number of hydrogen-bond donors (Lipinski definition) is 1. The molecule has 19 heteroatoms. The van der Waals surface area contributed by atoms with Gasteiger partial charge in [0.15, 0.2) is 37.4 Å². The van der Waals surface area contributed by atoms with Crippen molar-refractivity contribution in [2.75, 3.05) is 19.8 Å². The highest BCUT2D eigenvalue weighted by atomic mass is 35.6. The van der Waals surface area contributed by atoms with Crippen LogP contribution in [0.5, 0.6) is 0 Å². The highest BCUT2D eigenvalue weighted by Crippen LogP contribution is 2.42. The van der Waals surface area contributed by atoms with E-state index in [0.29, 0.717) is 26.1 Å². The van der Waals surface area contributed by atoms with E-state index in [2.05, 4.69) is 20.8 Å². The molecule has 0 spiro atoms. The van der Waals surface area contributed by atoms with Crippen molar-refractivity contribution in [2.45, 2.75) is 185 Å². The van der Waals surface area contributed by atoms with Gasteiger partial charge in [-0.25, -0.2) is 4.79 Å². The maximum Gasteiger partial charge on any atom is 0.508 e. The minimum Gasteiger partial charge on any atom is -0.457 e. The molecule has 4 aliphatic heterocycles. The Bertz CT molecular complexity index is 2230. The third-order valence-corrected chi connectivity index (χ3v) is 16.1. The summed E-state index contributed by atoms with van der Waals surface area (Å²) < 4.78 is 82.7. The van der Waals surface area contributed by atoms with Crippen molar-refractivity contribution < 1.29 is 76.3 Å². The van der Waals surface area contributed by atoms with E-state index in [4.69, 9.17) is 96.4 Å². The van der Waals surface area contributed by atoms with Crippen LogP contribution in [0.1, 0.15) is 91.8 Å². The molecular formula is C58H79Cl3O16. The van der Waals surface area contributed by atoms with E-state index in [1.807, 2.05) is 126 Å². The summed E-state index contributed by atoms with van der Waals surface area (Å²) in [6.07, 6.45) is -13.0. The molecule has 428 valence electrons. The number of alkyl halides is 3. The predicted octanol–water partition coefficient (Wildman–Crippen LogP) is 10.5. The Balaban J connectivity index is 1.24. The number of rotatable bonds is 22. The highest BCUT2D eigenvalue weighted by Gasteiger charge is 2.55. The van der Waals surface area contributed by atoms with Crippen LogP contribution in [0.2, 0.25) is 0 Å². The Morgan fingerprint density at radius 3 is 1.52 bits per heavy atom. The molecule has 3 aromatic rings. The van der Waals surface area contributed by atoms with Crippen LogP contribution in [0.15, 0.2) is 91.0 Å². The van der Waals surface area contributed by atoms with Crippen LogP contribution in [-0.2, 0) is 86.2 Å². The van der Waals surface area contributed by atoms with E-state index < -0.39 is 96.5 Å². The van der Waals surface area contributed by atoms with Crippen molar-refractivity contribution in [3.8, 4) is 0 Å². The molecule has 4 fully saturated rings. The standard InChI is InChI=1S/C58H79Cl3O16/c1-10-43-33(3)35(5)49(77-57(64)69-32-58(59,60)61)54(71-43)68-31-45-47(63)51(76-55-50(70-39(9)62)36(6)34(4)44(11-2)72-55)52(66-28-41-23-17-13-18-24-41)56(73-45)75-48-37(7)38(8)53(67-29-42-25-19-14-20-26-42)74-46(48)30-65-27-40-21-15-12-16-22-40/h12-26,33-38,43-56,63H,10-11,27-32H2,1-9H3/t33-,34+,35-,36?,37+,38?,43?,44?,45?,46?,47+,48-,49?,50-,51-,52?,53+,54-,55-,56-/m0/s1. The Morgan fingerprint density at radius 1 is 0.506 bits per heavy atom. The average Bonchev–Trinajstić information content (AvgIpc) is 3.42. The topological polar surface area (TPSA) is 174 Å². The van der Waals surface area contributed by atoms with Gasteiger partial charge >= 0.3 is 12.1 Å². The van der Waals surface area contributed by atoms with Crippen LogP contribution in [0.25, 0.3) is 0 Å². The second-order valence-corrected chi connectivity index (χ2v) is 23.6. The Labute approximate surface area is 469 Å². The Hall–Kier alpha value is -3.17. The lowest BCUT2D eigenvalue weighted by Crippen LogP contribution is -2.65. The number of hydrogen-bond acceptors (Lipinski definition) is 16. The van der Waals surface area contributed by atoms with Gasteiger partial charge in [-0.1, -0.05) is 181 Å². The third-order valence-electron chi connectivity index (χ3n) is 15.7. The molecule has 0 bridgehead atoms. The zero-order valence-electron chi connectivity index (χ0n) is 45.6. The molecule has 16 nitrogen and oxygen atoms in total. The molecular weight excluding hydrogens is 1060 g/mol. The van der Waals surface area contributed by atoms with Crippen LogP contribution in [0.4, 0.5) is 4.79 Å². The number of ether oxygens (including phenoxy) is 13. The molecule has 7 rings (SSSR count). The molecule has 0 aromatic heterocycles.